The van der Waals surface area contributed by atoms with E-state index in [4.69, 9.17) is 9.15 Å². The second-order valence-corrected chi connectivity index (χ2v) is 6.85. The molecule has 0 aliphatic heterocycles. The first kappa shape index (κ1) is 20.9. The molecule has 0 unspecified atom stereocenters. The number of aryl methyl sites for hydroxylation is 1. The van der Waals surface area contributed by atoms with Crippen molar-refractivity contribution >= 4 is 34.4 Å². The zero-order valence-electron chi connectivity index (χ0n) is 16.7. The lowest BCUT2D eigenvalue weighted by Gasteiger charge is -2.11. The van der Waals surface area contributed by atoms with Crippen LogP contribution in [0.2, 0.25) is 0 Å². The molecule has 0 saturated carbocycles. The van der Waals surface area contributed by atoms with Gasteiger partial charge in [-0.1, -0.05) is 12.1 Å². The maximum Gasteiger partial charge on any atom is 0.310 e. The Balaban J connectivity index is 1.43. The monoisotopic (exact) mass is 410 g/mol. The number of hydrogen-bond acceptors (Lipinski definition) is 6. The number of aromatic hydroxyl groups is 1. The predicted molar refractivity (Wildman–Crippen MR) is 110 cm³/mol. The molecule has 0 atom stereocenters. The average Bonchev–Trinajstić information content (AvgIpc) is 3.10. The van der Waals surface area contributed by atoms with Gasteiger partial charge in [-0.15, -0.1) is 0 Å². The number of phenolic OH excluding ortho intramolecular Hbond substituents is 1. The molecule has 0 fully saturated rings. The van der Waals surface area contributed by atoms with Gasteiger partial charge in [-0.2, -0.15) is 0 Å². The molecule has 0 radical (unpaired) electrons. The highest BCUT2D eigenvalue weighted by Crippen LogP contribution is 2.25. The number of esters is 1. The van der Waals surface area contributed by atoms with Gasteiger partial charge in [0.2, 0.25) is 5.91 Å². The van der Waals surface area contributed by atoms with Crippen molar-refractivity contribution in [2.45, 2.75) is 20.3 Å². The molecular formula is C22H22N2O6. The number of hydrogen-bond donors (Lipinski definition) is 3. The lowest BCUT2D eigenvalue weighted by molar-refractivity contribution is -0.147. The van der Waals surface area contributed by atoms with Gasteiger partial charge in [0.15, 0.2) is 6.61 Å². The topological polar surface area (TPSA) is 118 Å². The lowest BCUT2D eigenvalue weighted by Crippen LogP contribution is -2.35. The number of benzene rings is 2. The molecule has 30 heavy (non-hydrogen) atoms. The molecule has 156 valence electrons. The maximum atomic E-state index is 12.0. The van der Waals surface area contributed by atoms with Crippen LogP contribution in [0.25, 0.3) is 11.0 Å². The minimum Gasteiger partial charge on any atom is -0.508 e. The van der Waals surface area contributed by atoms with Crippen LogP contribution in [0.1, 0.15) is 16.7 Å². The summed E-state index contributed by atoms with van der Waals surface area (Å²) in [5.74, 6) is -1.51. The first-order valence-corrected chi connectivity index (χ1v) is 9.31. The molecule has 0 bridgehead atoms. The number of nitrogens with one attached hydrogen (secondary N) is 2. The van der Waals surface area contributed by atoms with Crippen molar-refractivity contribution < 1.29 is 28.6 Å². The Morgan fingerprint density at radius 1 is 1.10 bits per heavy atom. The summed E-state index contributed by atoms with van der Waals surface area (Å²) < 4.78 is 10.3. The third-order valence-corrected chi connectivity index (χ3v) is 4.66. The summed E-state index contributed by atoms with van der Waals surface area (Å²) in [4.78, 5) is 35.9. The van der Waals surface area contributed by atoms with Gasteiger partial charge in [0.05, 0.1) is 19.2 Å². The van der Waals surface area contributed by atoms with E-state index < -0.39 is 18.5 Å². The summed E-state index contributed by atoms with van der Waals surface area (Å²) in [6.45, 7) is 3.11. The van der Waals surface area contributed by atoms with Gasteiger partial charge in [0, 0.05) is 22.7 Å². The van der Waals surface area contributed by atoms with Gasteiger partial charge < -0.3 is 24.9 Å². The summed E-state index contributed by atoms with van der Waals surface area (Å²) in [7, 11) is 0. The first-order valence-electron chi connectivity index (χ1n) is 9.31. The maximum absolute atomic E-state index is 12.0. The van der Waals surface area contributed by atoms with Crippen LogP contribution in [0.15, 0.2) is 47.1 Å². The Morgan fingerprint density at radius 3 is 2.70 bits per heavy atom. The smallest absolute Gasteiger partial charge is 0.310 e. The number of ether oxygens (including phenoxy) is 1. The molecule has 1 heterocycles. The van der Waals surface area contributed by atoms with Crippen molar-refractivity contribution in [3.63, 3.8) is 0 Å². The normalized spacial score (nSPS) is 10.6. The highest BCUT2D eigenvalue weighted by atomic mass is 16.5. The number of furan rings is 1. The molecule has 8 nitrogen and oxygen atoms in total. The quantitative estimate of drug-likeness (QED) is 0.516. The third kappa shape index (κ3) is 5.16. The van der Waals surface area contributed by atoms with Gasteiger partial charge in [0.1, 0.15) is 11.3 Å². The molecular weight excluding hydrogens is 388 g/mol. The fourth-order valence-corrected chi connectivity index (χ4v) is 2.87. The predicted octanol–water partition coefficient (Wildman–Crippen LogP) is 2.60. The highest BCUT2D eigenvalue weighted by molar-refractivity contribution is 5.95. The van der Waals surface area contributed by atoms with E-state index >= 15 is 0 Å². The molecule has 2 aromatic carbocycles. The van der Waals surface area contributed by atoms with Crippen LogP contribution >= 0.6 is 0 Å². The van der Waals surface area contributed by atoms with E-state index in [1.54, 1.807) is 12.1 Å². The number of phenols is 1. The summed E-state index contributed by atoms with van der Waals surface area (Å²) >= 11 is 0. The number of anilines is 1. The summed E-state index contributed by atoms with van der Waals surface area (Å²) in [5, 5.41) is 15.3. The number of rotatable bonds is 7. The molecule has 2 amide bonds. The number of amides is 2. The summed E-state index contributed by atoms with van der Waals surface area (Å²) in [6.07, 6.45) is 1.32. The van der Waals surface area contributed by atoms with Crippen molar-refractivity contribution in [2.75, 3.05) is 18.5 Å². The zero-order valence-corrected chi connectivity index (χ0v) is 16.7. The van der Waals surface area contributed by atoms with Crippen molar-refractivity contribution in [3.05, 3.63) is 59.4 Å². The Morgan fingerprint density at radius 2 is 1.90 bits per heavy atom. The molecule has 8 heteroatoms. The standard InChI is InChI=1S/C22H22N2O6/c1-13-4-3-5-18(14(13)2)24-20(26)10-23-21(27)12-30-22(28)8-15-11-29-19-9-16(25)6-7-17(15)19/h3-7,9,11,25H,8,10,12H2,1-2H3,(H,23,27)(H,24,26). The van der Waals surface area contributed by atoms with Crippen LogP contribution in [0, 0.1) is 13.8 Å². The second-order valence-electron chi connectivity index (χ2n) is 6.85. The Labute approximate surface area is 172 Å². The third-order valence-electron chi connectivity index (χ3n) is 4.66. The van der Waals surface area contributed by atoms with Gasteiger partial charge in [0.25, 0.3) is 5.91 Å². The van der Waals surface area contributed by atoms with Gasteiger partial charge in [-0.25, -0.2) is 0 Å². The van der Waals surface area contributed by atoms with Crippen LogP contribution in [0.5, 0.6) is 5.75 Å². The number of fused-ring (bicyclic) bond motifs is 1. The average molecular weight is 410 g/mol. The minimum atomic E-state index is -0.610. The molecule has 1 aromatic heterocycles. The second kappa shape index (κ2) is 9.13. The number of carbonyl (C=O) groups excluding carboxylic acids is 3. The van der Waals surface area contributed by atoms with E-state index in [0.717, 1.165) is 11.1 Å². The molecule has 0 saturated heterocycles. The van der Waals surface area contributed by atoms with Crippen LogP contribution in [-0.2, 0) is 25.5 Å². The Kier molecular flexibility index (Phi) is 6.36. The minimum absolute atomic E-state index is 0.0595. The zero-order chi connectivity index (χ0) is 21.7. The van der Waals surface area contributed by atoms with E-state index in [1.807, 2.05) is 26.0 Å². The first-order chi connectivity index (χ1) is 14.3. The summed E-state index contributed by atoms with van der Waals surface area (Å²) in [6, 6.07) is 10.1. The molecule has 3 rings (SSSR count). The fourth-order valence-electron chi connectivity index (χ4n) is 2.87. The Bertz CT molecular complexity index is 1100. The molecule has 3 aromatic rings. The van der Waals surface area contributed by atoms with Crippen LogP contribution in [-0.4, -0.2) is 36.0 Å². The van der Waals surface area contributed by atoms with Crippen molar-refractivity contribution in [2.24, 2.45) is 0 Å². The molecule has 0 aliphatic carbocycles. The van der Waals surface area contributed by atoms with Gasteiger partial charge in [-0.05, 0) is 43.2 Å². The van der Waals surface area contributed by atoms with Crippen molar-refractivity contribution in [1.29, 1.82) is 0 Å². The molecule has 0 spiro atoms. The molecule has 0 aliphatic rings. The highest BCUT2D eigenvalue weighted by Gasteiger charge is 2.14. The van der Waals surface area contributed by atoms with E-state index in [1.165, 1.54) is 18.4 Å². The van der Waals surface area contributed by atoms with Crippen LogP contribution in [0.3, 0.4) is 0 Å². The van der Waals surface area contributed by atoms with E-state index in [0.29, 0.717) is 22.2 Å². The molecule has 3 N–H and O–H groups in total. The van der Waals surface area contributed by atoms with E-state index in [-0.39, 0.29) is 24.6 Å². The fraction of sp³-hybridized carbons (Fsp3) is 0.227. The van der Waals surface area contributed by atoms with Gasteiger partial charge in [-0.3, -0.25) is 14.4 Å². The van der Waals surface area contributed by atoms with Crippen LogP contribution in [0.4, 0.5) is 5.69 Å². The van der Waals surface area contributed by atoms with Crippen molar-refractivity contribution in [3.8, 4) is 5.75 Å². The van der Waals surface area contributed by atoms with Crippen molar-refractivity contribution in [1.82, 2.24) is 5.32 Å². The SMILES string of the molecule is Cc1cccc(NC(=O)CNC(=O)COC(=O)Cc2coc3cc(O)ccc23)c1C. The van der Waals surface area contributed by atoms with Crippen LogP contribution < -0.4 is 10.6 Å². The number of carbonyl (C=O) groups is 3. The summed E-state index contributed by atoms with van der Waals surface area (Å²) in [5.41, 5.74) is 3.72. The van der Waals surface area contributed by atoms with E-state index in [9.17, 15) is 19.5 Å². The lowest BCUT2D eigenvalue weighted by atomic mass is 10.1. The Hall–Kier alpha value is -3.81. The van der Waals surface area contributed by atoms with E-state index in [2.05, 4.69) is 10.6 Å². The largest absolute Gasteiger partial charge is 0.508 e. The van der Waals surface area contributed by atoms with Gasteiger partial charge >= 0.3 is 5.97 Å².